The summed E-state index contributed by atoms with van der Waals surface area (Å²) in [7, 11) is 0. The van der Waals surface area contributed by atoms with Gasteiger partial charge >= 0.3 is 0 Å². The number of anilines is 1. The lowest BCUT2D eigenvalue weighted by atomic mass is 10.1. The molecule has 1 saturated heterocycles. The van der Waals surface area contributed by atoms with Gasteiger partial charge in [-0.3, -0.25) is 4.79 Å². The lowest BCUT2D eigenvalue weighted by Gasteiger charge is -2.17. The van der Waals surface area contributed by atoms with E-state index in [0.717, 1.165) is 35.6 Å². The number of carbonyl (C=O) groups excluding carboxylic acids is 1. The summed E-state index contributed by atoms with van der Waals surface area (Å²) in [6.45, 7) is 1.80. The Hall–Kier alpha value is -3.38. The Morgan fingerprint density at radius 3 is 2.58 bits per heavy atom. The SMILES string of the molecule is O=C1CC(c2nc3ccccc3n2CCCOc2ccc(Cl)cc2)CN1c1ccc(F)cc1. The van der Waals surface area contributed by atoms with E-state index in [-0.39, 0.29) is 17.6 Å². The van der Waals surface area contributed by atoms with Crippen LogP contribution in [0.2, 0.25) is 5.02 Å². The summed E-state index contributed by atoms with van der Waals surface area (Å²) in [6.07, 6.45) is 1.17. The third-order valence-corrected chi connectivity index (χ3v) is 6.17. The second-order valence-corrected chi connectivity index (χ2v) is 8.58. The topological polar surface area (TPSA) is 47.4 Å². The molecule has 33 heavy (non-hydrogen) atoms. The van der Waals surface area contributed by atoms with Gasteiger partial charge in [0.25, 0.3) is 0 Å². The van der Waals surface area contributed by atoms with Gasteiger partial charge in [-0.2, -0.15) is 0 Å². The van der Waals surface area contributed by atoms with E-state index in [1.54, 1.807) is 17.0 Å². The van der Waals surface area contributed by atoms with Crippen molar-refractivity contribution >= 4 is 34.2 Å². The Morgan fingerprint density at radius 2 is 1.79 bits per heavy atom. The number of ether oxygens (including phenoxy) is 1. The molecule has 1 aromatic heterocycles. The van der Waals surface area contributed by atoms with Crippen LogP contribution in [0.4, 0.5) is 10.1 Å². The van der Waals surface area contributed by atoms with Crippen molar-refractivity contribution in [2.24, 2.45) is 0 Å². The molecular weight excluding hydrogens is 441 g/mol. The number of carbonyl (C=O) groups is 1. The normalized spacial score (nSPS) is 16.0. The van der Waals surface area contributed by atoms with Crippen LogP contribution >= 0.6 is 11.6 Å². The predicted molar refractivity (Wildman–Crippen MR) is 127 cm³/mol. The van der Waals surface area contributed by atoms with Gasteiger partial charge in [-0.1, -0.05) is 23.7 Å². The molecule has 2 heterocycles. The van der Waals surface area contributed by atoms with Crippen LogP contribution in [0.1, 0.15) is 24.6 Å². The highest BCUT2D eigenvalue weighted by Crippen LogP contribution is 2.33. The zero-order valence-corrected chi connectivity index (χ0v) is 18.7. The fourth-order valence-corrected chi connectivity index (χ4v) is 4.46. The summed E-state index contributed by atoms with van der Waals surface area (Å²) >= 11 is 5.93. The molecular formula is C26H23ClFN3O2. The summed E-state index contributed by atoms with van der Waals surface area (Å²) in [6, 6.07) is 21.4. The number of benzene rings is 3. The molecule has 0 N–H and O–H groups in total. The van der Waals surface area contributed by atoms with E-state index in [2.05, 4.69) is 10.6 Å². The Balaban J connectivity index is 1.34. The molecule has 0 aliphatic carbocycles. The van der Waals surface area contributed by atoms with E-state index >= 15 is 0 Å². The van der Waals surface area contributed by atoms with Crippen molar-refractivity contribution < 1.29 is 13.9 Å². The number of hydrogen-bond donors (Lipinski definition) is 0. The van der Waals surface area contributed by atoms with E-state index in [9.17, 15) is 9.18 Å². The Morgan fingerprint density at radius 1 is 1.03 bits per heavy atom. The number of rotatable bonds is 7. The van der Waals surface area contributed by atoms with Crippen molar-refractivity contribution in [2.45, 2.75) is 25.3 Å². The first-order valence-corrected chi connectivity index (χ1v) is 11.4. The average molecular weight is 464 g/mol. The van der Waals surface area contributed by atoms with E-state index < -0.39 is 0 Å². The minimum Gasteiger partial charge on any atom is -0.494 e. The number of imidazole rings is 1. The number of halogens is 2. The van der Waals surface area contributed by atoms with Crippen LogP contribution in [0.25, 0.3) is 11.0 Å². The van der Waals surface area contributed by atoms with Crippen molar-refractivity contribution in [3.63, 3.8) is 0 Å². The van der Waals surface area contributed by atoms with Gasteiger partial charge in [0.2, 0.25) is 5.91 Å². The highest BCUT2D eigenvalue weighted by molar-refractivity contribution is 6.30. The number of amides is 1. The van der Waals surface area contributed by atoms with Crippen LogP contribution in [0.3, 0.4) is 0 Å². The minimum absolute atomic E-state index is 0.0243. The van der Waals surface area contributed by atoms with Crippen LogP contribution in [0.15, 0.2) is 72.8 Å². The van der Waals surface area contributed by atoms with Gasteiger partial charge < -0.3 is 14.2 Å². The van der Waals surface area contributed by atoms with Crippen LogP contribution in [-0.2, 0) is 11.3 Å². The molecule has 4 aromatic rings. The highest BCUT2D eigenvalue weighted by atomic mass is 35.5. The minimum atomic E-state index is -0.315. The molecule has 1 amide bonds. The van der Waals surface area contributed by atoms with Crippen molar-refractivity contribution in [3.8, 4) is 5.75 Å². The van der Waals surface area contributed by atoms with Crippen molar-refractivity contribution in [1.29, 1.82) is 0 Å². The maximum absolute atomic E-state index is 13.3. The molecule has 0 spiro atoms. The monoisotopic (exact) mass is 463 g/mol. The molecule has 1 unspecified atom stereocenters. The van der Waals surface area contributed by atoms with Gasteiger partial charge in [-0.15, -0.1) is 0 Å². The van der Waals surface area contributed by atoms with E-state index in [1.807, 2.05) is 42.5 Å². The molecule has 5 rings (SSSR count). The quantitative estimate of drug-likeness (QED) is 0.324. The van der Waals surface area contributed by atoms with E-state index in [1.165, 1.54) is 12.1 Å². The van der Waals surface area contributed by atoms with Crippen LogP contribution in [0.5, 0.6) is 5.75 Å². The molecule has 0 saturated carbocycles. The van der Waals surface area contributed by atoms with Gasteiger partial charge in [0, 0.05) is 36.1 Å². The summed E-state index contributed by atoms with van der Waals surface area (Å²) in [4.78, 5) is 19.4. The zero-order chi connectivity index (χ0) is 22.8. The second-order valence-electron chi connectivity index (χ2n) is 8.15. The molecule has 1 atom stereocenters. The van der Waals surface area contributed by atoms with Crippen LogP contribution in [0, 0.1) is 5.82 Å². The number of hydrogen-bond acceptors (Lipinski definition) is 3. The molecule has 5 nitrogen and oxygen atoms in total. The Labute approximate surface area is 196 Å². The average Bonchev–Trinajstić information content (AvgIpc) is 3.39. The van der Waals surface area contributed by atoms with Crippen molar-refractivity contribution in [3.05, 3.63) is 89.5 Å². The lowest BCUT2D eigenvalue weighted by Crippen LogP contribution is -2.24. The fraction of sp³-hybridized carbons (Fsp3) is 0.231. The first-order chi connectivity index (χ1) is 16.1. The third-order valence-electron chi connectivity index (χ3n) is 5.92. The predicted octanol–water partition coefficient (Wildman–Crippen LogP) is 5.82. The first kappa shape index (κ1) is 21.5. The van der Waals surface area contributed by atoms with Gasteiger partial charge in [0.15, 0.2) is 0 Å². The van der Waals surface area contributed by atoms with Gasteiger partial charge in [0.05, 0.1) is 17.6 Å². The Bertz CT molecular complexity index is 1270. The number of aryl methyl sites for hydroxylation is 1. The van der Waals surface area contributed by atoms with Gasteiger partial charge in [0.1, 0.15) is 17.4 Å². The number of para-hydroxylation sites is 2. The van der Waals surface area contributed by atoms with Crippen molar-refractivity contribution in [2.75, 3.05) is 18.1 Å². The van der Waals surface area contributed by atoms with Crippen molar-refractivity contribution in [1.82, 2.24) is 9.55 Å². The first-order valence-electron chi connectivity index (χ1n) is 11.0. The summed E-state index contributed by atoms with van der Waals surface area (Å²) in [5, 5.41) is 0.678. The maximum Gasteiger partial charge on any atom is 0.227 e. The maximum atomic E-state index is 13.3. The van der Waals surface area contributed by atoms with Gasteiger partial charge in [-0.05, 0) is 67.1 Å². The molecule has 0 bridgehead atoms. The molecule has 1 fully saturated rings. The molecule has 168 valence electrons. The fourth-order valence-electron chi connectivity index (χ4n) is 4.34. The van der Waals surface area contributed by atoms with E-state index in [0.29, 0.717) is 30.3 Å². The molecule has 0 radical (unpaired) electrons. The zero-order valence-electron chi connectivity index (χ0n) is 18.0. The van der Waals surface area contributed by atoms with Crippen LogP contribution in [-0.4, -0.2) is 28.6 Å². The molecule has 3 aromatic carbocycles. The highest BCUT2D eigenvalue weighted by Gasteiger charge is 2.34. The lowest BCUT2D eigenvalue weighted by molar-refractivity contribution is -0.117. The standard InChI is InChI=1S/C26H23ClFN3O2/c27-19-6-12-22(13-7-19)33-15-3-14-30-24-5-2-1-4-23(24)29-26(30)18-16-25(32)31(17-18)21-10-8-20(28)9-11-21/h1-2,4-13,18H,3,14-17H2. The smallest absolute Gasteiger partial charge is 0.227 e. The Kier molecular flexibility index (Phi) is 6.01. The summed E-state index contributed by atoms with van der Waals surface area (Å²) in [5.74, 6) is 1.36. The van der Waals surface area contributed by atoms with Gasteiger partial charge in [-0.25, -0.2) is 9.37 Å². The van der Waals surface area contributed by atoms with Crippen LogP contribution < -0.4 is 9.64 Å². The molecule has 7 heteroatoms. The van der Waals surface area contributed by atoms with E-state index in [4.69, 9.17) is 21.3 Å². The summed E-state index contributed by atoms with van der Waals surface area (Å²) < 4.78 is 21.4. The second kappa shape index (κ2) is 9.24. The number of nitrogens with zero attached hydrogens (tertiary/aromatic N) is 3. The third kappa shape index (κ3) is 4.57. The summed E-state index contributed by atoms with van der Waals surface area (Å²) in [5.41, 5.74) is 2.67. The number of fused-ring (bicyclic) bond motifs is 1. The largest absolute Gasteiger partial charge is 0.494 e. The molecule has 1 aliphatic heterocycles. The molecule has 1 aliphatic rings. The number of aromatic nitrogens is 2.